The van der Waals surface area contributed by atoms with Crippen molar-refractivity contribution in [1.29, 1.82) is 0 Å². The Hall–Kier alpha value is -0.995. The van der Waals surface area contributed by atoms with Crippen molar-refractivity contribution < 1.29 is 14.8 Å². The van der Waals surface area contributed by atoms with E-state index in [-0.39, 0.29) is 0 Å². The number of rotatable bonds is 6. The Morgan fingerprint density at radius 2 is 2.06 bits per heavy atom. The highest BCUT2D eigenvalue weighted by molar-refractivity contribution is 6.59. The van der Waals surface area contributed by atoms with Gasteiger partial charge in [0.05, 0.1) is 6.61 Å². The zero-order valence-electron chi connectivity index (χ0n) is 10.8. The van der Waals surface area contributed by atoms with Gasteiger partial charge in [-0.2, -0.15) is 0 Å². The largest absolute Gasteiger partial charge is 0.493 e. The van der Waals surface area contributed by atoms with Gasteiger partial charge in [-0.05, 0) is 42.4 Å². The fourth-order valence-electron chi connectivity index (χ4n) is 1.84. The highest BCUT2D eigenvalue weighted by Gasteiger charge is 2.14. The minimum atomic E-state index is -1.41. The summed E-state index contributed by atoms with van der Waals surface area (Å²) < 4.78 is 5.67. The van der Waals surface area contributed by atoms with Crippen LogP contribution in [0.2, 0.25) is 0 Å². The monoisotopic (exact) mass is 236 g/mol. The normalized spacial score (nSPS) is 12.3. The summed E-state index contributed by atoms with van der Waals surface area (Å²) in [5.41, 5.74) is 1.36. The summed E-state index contributed by atoms with van der Waals surface area (Å²) in [5, 5.41) is 18.2. The van der Waals surface area contributed by atoms with E-state index in [0.29, 0.717) is 18.0 Å². The van der Waals surface area contributed by atoms with Gasteiger partial charge in [0.1, 0.15) is 5.75 Å². The van der Waals surface area contributed by atoms with Crippen LogP contribution in [0.4, 0.5) is 0 Å². The Morgan fingerprint density at radius 3 is 2.59 bits per heavy atom. The summed E-state index contributed by atoms with van der Waals surface area (Å²) in [7, 11) is -1.41. The molecule has 0 aromatic heterocycles. The van der Waals surface area contributed by atoms with E-state index < -0.39 is 7.12 Å². The molecule has 1 atom stereocenters. The molecule has 1 unspecified atom stereocenters. The van der Waals surface area contributed by atoms with Gasteiger partial charge < -0.3 is 14.8 Å². The Kier molecular flexibility index (Phi) is 5.52. The number of benzene rings is 1. The second kappa shape index (κ2) is 6.67. The average molecular weight is 236 g/mol. The molecule has 1 aromatic rings. The molecule has 2 N–H and O–H groups in total. The van der Waals surface area contributed by atoms with E-state index in [1.165, 1.54) is 6.42 Å². The van der Waals surface area contributed by atoms with Crippen LogP contribution in [-0.2, 0) is 0 Å². The van der Waals surface area contributed by atoms with Crippen LogP contribution < -0.4 is 10.2 Å². The standard InChI is InChI=1S/C13H21BO3/c1-4-5-10(2)9-17-12-6-7-13(14(15)16)11(3)8-12/h6-8,10,15-16H,4-5,9H2,1-3H3. The van der Waals surface area contributed by atoms with Crippen LogP contribution in [0.1, 0.15) is 32.3 Å². The topological polar surface area (TPSA) is 49.7 Å². The number of hydrogen-bond donors (Lipinski definition) is 2. The van der Waals surface area contributed by atoms with Crippen LogP contribution in [0.5, 0.6) is 5.75 Å². The first-order valence-corrected chi connectivity index (χ1v) is 6.14. The molecule has 0 aliphatic heterocycles. The zero-order valence-corrected chi connectivity index (χ0v) is 10.8. The first-order chi connectivity index (χ1) is 8.04. The van der Waals surface area contributed by atoms with Crippen molar-refractivity contribution in [3.63, 3.8) is 0 Å². The fraction of sp³-hybridized carbons (Fsp3) is 0.538. The van der Waals surface area contributed by atoms with Gasteiger partial charge in [-0.1, -0.05) is 26.3 Å². The third kappa shape index (κ3) is 4.40. The molecule has 1 rings (SSSR count). The predicted octanol–water partition coefficient (Wildman–Crippen LogP) is 1.49. The lowest BCUT2D eigenvalue weighted by atomic mass is 9.77. The highest BCUT2D eigenvalue weighted by atomic mass is 16.5. The molecule has 0 radical (unpaired) electrons. The van der Waals surface area contributed by atoms with E-state index in [1.54, 1.807) is 12.1 Å². The Bertz CT molecular complexity index is 353. The second-order valence-corrected chi connectivity index (χ2v) is 4.60. The molecule has 0 aliphatic rings. The van der Waals surface area contributed by atoms with Gasteiger partial charge in [-0.3, -0.25) is 0 Å². The van der Waals surface area contributed by atoms with E-state index in [0.717, 1.165) is 17.7 Å². The summed E-state index contributed by atoms with van der Waals surface area (Å²) >= 11 is 0. The molecule has 0 bridgehead atoms. The summed E-state index contributed by atoms with van der Waals surface area (Å²) in [5.74, 6) is 1.33. The lowest BCUT2D eigenvalue weighted by molar-refractivity contribution is 0.251. The molecule has 17 heavy (non-hydrogen) atoms. The minimum Gasteiger partial charge on any atom is -0.493 e. The van der Waals surface area contributed by atoms with Crippen LogP contribution in [0.3, 0.4) is 0 Å². The van der Waals surface area contributed by atoms with Crippen molar-refractivity contribution in [3.8, 4) is 5.75 Å². The molecule has 3 nitrogen and oxygen atoms in total. The van der Waals surface area contributed by atoms with Crippen molar-refractivity contribution in [2.75, 3.05) is 6.61 Å². The van der Waals surface area contributed by atoms with Crippen molar-refractivity contribution in [2.24, 2.45) is 5.92 Å². The number of aryl methyl sites for hydroxylation is 1. The molecule has 94 valence electrons. The Morgan fingerprint density at radius 1 is 1.35 bits per heavy atom. The summed E-state index contributed by atoms with van der Waals surface area (Å²) in [6, 6.07) is 5.31. The smallest absolute Gasteiger partial charge is 0.488 e. The summed E-state index contributed by atoms with van der Waals surface area (Å²) in [4.78, 5) is 0. The van der Waals surface area contributed by atoms with Gasteiger partial charge in [-0.25, -0.2) is 0 Å². The van der Waals surface area contributed by atoms with Gasteiger partial charge in [-0.15, -0.1) is 0 Å². The van der Waals surface area contributed by atoms with Gasteiger partial charge in [0.2, 0.25) is 0 Å². The van der Waals surface area contributed by atoms with Crippen LogP contribution in [0.25, 0.3) is 0 Å². The maximum atomic E-state index is 9.10. The average Bonchev–Trinajstić information content (AvgIpc) is 2.26. The molecule has 0 saturated heterocycles. The molecule has 0 aliphatic carbocycles. The molecule has 0 saturated carbocycles. The maximum absolute atomic E-state index is 9.10. The molecule has 1 aromatic carbocycles. The van der Waals surface area contributed by atoms with Crippen molar-refractivity contribution >= 4 is 12.6 Å². The first kappa shape index (κ1) is 14.1. The summed E-state index contributed by atoms with van der Waals surface area (Å²) in [6.07, 6.45) is 2.33. The van der Waals surface area contributed by atoms with Gasteiger partial charge in [0, 0.05) is 0 Å². The van der Waals surface area contributed by atoms with Gasteiger partial charge in [0.15, 0.2) is 0 Å². The Labute approximate surface area is 104 Å². The number of hydrogen-bond acceptors (Lipinski definition) is 3. The van der Waals surface area contributed by atoms with Crippen LogP contribution >= 0.6 is 0 Å². The van der Waals surface area contributed by atoms with E-state index >= 15 is 0 Å². The molecule has 0 fully saturated rings. The lowest BCUT2D eigenvalue weighted by Crippen LogP contribution is -2.31. The second-order valence-electron chi connectivity index (χ2n) is 4.60. The quantitative estimate of drug-likeness (QED) is 0.735. The highest BCUT2D eigenvalue weighted by Crippen LogP contribution is 2.14. The molecular formula is C13H21BO3. The minimum absolute atomic E-state index is 0.527. The first-order valence-electron chi connectivity index (χ1n) is 6.14. The molecule has 0 spiro atoms. The van der Waals surface area contributed by atoms with Crippen LogP contribution in [-0.4, -0.2) is 23.8 Å². The SMILES string of the molecule is CCCC(C)COc1ccc(B(O)O)c(C)c1. The van der Waals surface area contributed by atoms with E-state index in [1.807, 2.05) is 13.0 Å². The van der Waals surface area contributed by atoms with Gasteiger partial charge >= 0.3 is 7.12 Å². The maximum Gasteiger partial charge on any atom is 0.488 e. The van der Waals surface area contributed by atoms with Crippen molar-refractivity contribution in [1.82, 2.24) is 0 Å². The zero-order chi connectivity index (χ0) is 12.8. The fourth-order valence-corrected chi connectivity index (χ4v) is 1.84. The van der Waals surface area contributed by atoms with Crippen molar-refractivity contribution in [3.05, 3.63) is 23.8 Å². The number of ether oxygens (including phenoxy) is 1. The third-order valence-electron chi connectivity index (χ3n) is 2.84. The molecular weight excluding hydrogens is 215 g/mol. The third-order valence-corrected chi connectivity index (χ3v) is 2.84. The Balaban J connectivity index is 2.58. The predicted molar refractivity (Wildman–Crippen MR) is 70.6 cm³/mol. The van der Waals surface area contributed by atoms with E-state index in [2.05, 4.69) is 13.8 Å². The van der Waals surface area contributed by atoms with Gasteiger partial charge in [0.25, 0.3) is 0 Å². The van der Waals surface area contributed by atoms with E-state index in [9.17, 15) is 0 Å². The van der Waals surface area contributed by atoms with E-state index in [4.69, 9.17) is 14.8 Å². The van der Waals surface area contributed by atoms with Crippen LogP contribution in [0.15, 0.2) is 18.2 Å². The molecule has 0 amide bonds. The van der Waals surface area contributed by atoms with Crippen molar-refractivity contribution in [2.45, 2.75) is 33.6 Å². The molecule has 0 heterocycles. The van der Waals surface area contributed by atoms with Crippen LogP contribution in [0, 0.1) is 12.8 Å². The lowest BCUT2D eigenvalue weighted by Gasteiger charge is -2.13. The summed E-state index contributed by atoms with van der Waals surface area (Å²) in [6.45, 7) is 6.88. The molecule has 4 heteroatoms.